The second-order valence-corrected chi connectivity index (χ2v) is 8.25. The molecule has 8 nitrogen and oxygen atoms in total. The number of amides is 1. The fourth-order valence-corrected chi connectivity index (χ4v) is 4.59. The quantitative estimate of drug-likeness (QED) is 0.530. The van der Waals surface area contributed by atoms with Gasteiger partial charge in [-0.25, -0.2) is 0 Å². The normalized spacial score (nSPS) is 13.3. The molecular formula is C23H24N2O6S. The van der Waals surface area contributed by atoms with Crippen LogP contribution in [-0.2, 0) is 27.3 Å². The van der Waals surface area contributed by atoms with Crippen LogP contribution in [0.15, 0.2) is 35.3 Å². The van der Waals surface area contributed by atoms with Gasteiger partial charge in [-0.1, -0.05) is 29.0 Å². The minimum absolute atomic E-state index is 0.0621. The Morgan fingerprint density at radius 2 is 1.91 bits per heavy atom. The van der Waals surface area contributed by atoms with Gasteiger partial charge in [-0.15, -0.1) is 0 Å². The summed E-state index contributed by atoms with van der Waals surface area (Å²) < 4.78 is 24.4. The van der Waals surface area contributed by atoms with E-state index in [4.69, 9.17) is 18.9 Å². The lowest BCUT2D eigenvalue weighted by atomic mass is 10.1. The number of aromatic nitrogens is 1. The highest BCUT2D eigenvalue weighted by atomic mass is 32.1. The van der Waals surface area contributed by atoms with Gasteiger partial charge in [-0.3, -0.25) is 9.59 Å². The highest BCUT2D eigenvalue weighted by Gasteiger charge is 2.19. The van der Waals surface area contributed by atoms with Crippen molar-refractivity contribution < 1.29 is 28.5 Å². The number of benzene rings is 2. The smallest absolute Gasteiger partial charge is 0.326 e. The molecule has 0 spiro atoms. The Bertz CT molecular complexity index is 1240. The van der Waals surface area contributed by atoms with Gasteiger partial charge in [0.15, 0.2) is 16.3 Å². The topological polar surface area (TPSA) is 88.4 Å². The lowest BCUT2D eigenvalue weighted by Crippen LogP contribution is -2.23. The zero-order valence-electron chi connectivity index (χ0n) is 18.2. The van der Waals surface area contributed by atoms with Crippen molar-refractivity contribution in [3.63, 3.8) is 0 Å². The third kappa shape index (κ3) is 4.62. The van der Waals surface area contributed by atoms with Crippen molar-refractivity contribution in [3.05, 3.63) is 46.3 Å². The van der Waals surface area contributed by atoms with Gasteiger partial charge in [0, 0.05) is 17.7 Å². The number of esters is 1. The van der Waals surface area contributed by atoms with Crippen LogP contribution >= 0.6 is 11.3 Å². The SMILES string of the molecule is CCOC(=O)Cn1c(=NC(=O)Cc2cc(C)ccc2OC)sc2cc3c(cc21)OCCO3. The average molecular weight is 457 g/mol. The number of rotatable bonds is 6. The van der Waals surface area contributed by atoms with E-state index in [1.165, 1.54) is 11.3 Å². The number of thiazole rings is 1. The van der Waals surface area contributed by atoms with Crippen molar-refractivity contribution in [1.82, 2.24) is 4.57 Å². The predicted molar refractivity (Wildman–Crippen MR) is 119 cm³/mol. The van der Waals surface area contributed by atoms with Gasteiger partial charge in [0.25, 0.3) is 5.91 Å². The van der Waals surface area contributed by atoms with E-state index in [0.29, 0.717) is 35.3 Å². The van der Waals surface area contributed by atoms with Crippen LogP contribution in [0, 0.1) is 6.92 Å². The van der Waals surface area contributed by atoms with E-state index in [1.807, 2.05) is 37.3 Å². The van der Waals surface area contributed by atoms with E-state index in [9.17, 15) is 9.59 Å². The summed E-state index contributed by atoms with van der Waals surface area (Å²) in [5.74, 6) is 1.13. The molecule has 0 aliphatic carbocycles. The van der Waals surface area contributed by atoms with Gasteiger partial charge in [0.2, 0.25) is 0 Å². The van der Waals surface area contributed by atoms with E-state index in [1.54, 1.807) is 18.6 Å². The van der Waals surface area contributed by atoms with Crippen molar-refractivity contribution in [1.29, 1.82) is 0 Å². The molecule has 2 heterocycles. The molecule has 168 valence electrons. The van der Waals surface area contributed by atoms with Crippen LogP contribution in [0.1, 0.15) is 18.1 Å². The van der Waals surface area contributed by atoms with E-state index in [0.717, 1.165) is 21.3 Å². The number of aryl methyl sites for hydroxylation is 1. The molecule has 9 heteroatoms. The van der Waals surface area contributed by atoms with Crippen LogP contribution in [0.5, 0.6) is 17.2 Å². The van der Waals surface area contributed by atoms with E-state index < -0.39 is 5.97 Å². The fraction of sp³-hybridized carbons (Fsp3) is 0.348. The van der Waals surface area contributed by atoms with Crippen molar-refractivity contribution in [2.45, 2.75) is 26.8 Å². The first-order valence-electron chi connectivity index (χ1n) is 10.3. The second-order valence-electron chi connectivity index (χ2n) is 7.24. The Hall–Kier alpha value is -3.33. The molecule has 0 saturated heterocycles. The molecule has 0 atom stereocenters. The molecule has 1 aliphatic heterocycles. The zero-order chi connectivity index (χ0) is 22.7. The van der Waals surface area contributed by atoms with Gasteiger partial charge in [0.1, 0.15) is 25.5 Å². The number of carbonyl (C=O) groups is 2. The summed E-state index contributed by atoms with van der Waals surface area (Å²) in [5.41, 5.74) is 2.52. The first-order valence-corrected chi connectivity index (χ1v) is 11.1. The van der Waals surface area contributed by atoms with Gasteiger partial charge < -0.3 is 23.5 Å². The summed E-state index contributed by atoms with van der Waals surface area (Å²) in [4.78, 5) is 29.9. The molecule has 1 amide bonds. The maximum atomic E-state index is 12.9. The second kappa shape index (κ2) is 9.44. The summed E-state index contributed by atoms with van der Waals surface area (Å²) >= 11 is 1.31. The van der Waals surface area contributed by atoms with E-state index in [2.05, 4.69) is 4.99 Å². The van der Waals surface area contributed by atoms with Crippen LogP contribution in [-0.4, -0.2) is 43.4 Å². The predicted octanol–water partition coefficient (Wildman–Crippen LogP) is 3.02. The highest BCUT2D eigenvalue weighted by Crippen LogP contribution is 2.35. The van der Waals surface area contributed by atoms with Gasteiger partial charge in [0.05, 0.1) is 30.4 Å². The van der Waals surface area contributed by atoms with Crippen LogP contribution in [0.2, 0.25) is 0 Å². The molecule has 1 aliphatic rings. The van der Waals surface area contributed by atoms with Crippen LogP contribution < -0.4 is 19.0 Å². The van der Waals surface area contributed by atoms with Crippen molar-refractivity contribution in [3.8, 4) is 17.2 Å². The van der Waals surface area contributed by atoms with Gasteiger partial charge in [-0.2, -0.15) is 4.99 Å². The molecule has 1 aromatic heterocycles. The standard InChI is InChI=1S/C23H24N2O6S/c1-4-29-22(27)13-25-16-11-18-19(31-8-7-30-18)12-20(16)32-23(25)24-21(26)10-15-9-14(2)5-6-17(15)28-3/h5-6,9,11-12H,4,7-8,10,13H2,1-3H3. The number of methoxy groups -OCH3 is 1. The molecule has 0 N–H and O–H groups in total. The minimum Gasteiger partial charge on any atom is -0.496 e. The van der Waals surface area contributed by atoms with Crippen LogP contribution in [0.3, 0.4) is 0 Å². The molecule has 0 unspecified atom stereocenters. The monoisotopic (exact) mass is 456 g/mol. The first kappa shape index (κ1) is 21.9. The van der Waals surface area contributed by atoms with E-state index >= 15 is 0 Å². The molecular weight excluding hydrogens is 432 g/mol. The average Bonchev–Trinajstić information content (AvgIpc) is 3.08. The minimum atomic E-state index is -0.406. The fourth-order valence-electron chi connectivity index (χ4n) is 3.53. The van der Waals surface area contributed by atoms with Crippen molar-refractivity contribution in [2.75, 3.05) is 26.9 Å². The first-order chi connectivity index (χ1) is 15.5. The Labute approximate surface area is 189 Å². The molecule has 0 bridgehead atoms. The number of hydrogen-bond acceptors (Lipinski definition) is 7. The summed E-state index contributed by atoms with van der Waals surface area (Å²) in [6.07, 6.45) is 0.0846. The van der Waals surface area contributed by atoms with Crippen molar-refractivity contribution in [2.24, 2.45) is 4.99 Å². The Morgan fingerprint density at radius 1 is 1.16 bits per heavy atom. The summed E-state index contributed by atoms with van der Waals surface area (Å²) in [6, 6.07) is 9.33. The molecule has 32 heavy (non-hydrogen) atoms. The molecule has 0 radical (unpaired) electrons. The molecule has 4 rings (SSSR count). The lowest BCUT2D eigenvalue weighted by molar-refractivity contribution is -0.143. The number of ether oxygens (including phenoxy) is 4. The van der Waals surface area contributed by atoms with Gasteiger partial charge in [-0.05, 0) is 19.9 Å². The Kier molecular flexibility index (Phi) is 6.45. The van der Waals surface area contributed by atoms with Crippen LogP contribution in [0.25, 0.3) is 10.2 Å². The number of carbonyl (C=O) groups excluding carboxylic acids is 2. The number of hydrogen-bond donors (Lipinski definition) is 0. The maximum absolute atomic E-state index is 12.9. The Balaban J connectivity index is 1.76. The molecule has 0 saturated carbocycles. The highest BCUT2D eigenvalue weighted by molar-refractivity contribution is 7.16. The summed E-state index contributed by atoms with van der Waals surface area (Å²) in [7, 11) is 1.57. The number of nitrogens with zero attached hydrogens (tertiary/aromatic N) is 2. The maximum Gasteiger partial charge on any atom is 0.326 e. The van der Waals surface area contributed by atoms with Gasteiger partial charge >= 0.3 is 5.97 Å². The number of fused-ring (bicyclic) bond motifs is 2. The molecule has 3 aromatic rings. The molecule has 2 aromatic carbocycles. The zero-order valence-corrected chi connectivity index (χ0v) is 19.0. The third-order valence-electron chi connectivity index (χ3n) is 4.94. The lowest BCUT2D eigenvalue weighted by Gasteiger charge is -2.18. The summed E-state index contributed by atoms with van der Waals surface area (Å²) in [5, 5.41) is 0. The third-order valence-corrected chi connectivity index (χ3v) is 5.98. The largest absolute Gasteiger partial charge is 0.496 e. The van der Waals surface area contributed by atoms with Crippen LogP contribution in [0.4, 0.5) is 0 Å². The van der Waals surface area contributed by atoms with Crippen molar-refractivity contribution >= 4 is 33.4 Å². The molecule has 0 fully saturated rings. The van der Waals surface area contributed by atoms with E-state index in [-0.39, 0.29) is 25.5 Å². The summed E-state index contributed by atoms with van der Waals surface area (Å²) in [6.45, 7) is 4.84. The Morgan fingerprint density at radius 3 is 2.62 bits per heavy atom.